The maximum absolute atomic E-state index is 12.3. The molecule has 0 aliphatic carbocycles. The maximum Gasteiger partial charge on any atom is 0.263 e. The Morgan fingerprint density at radius 3 is 2.76 bits per heavy atom. The molecule has 1 aromatic carbocycles. The van der Waals surface area contributed by atoms with E-state index in [0.29, 0.717) is 17.3 Å². The number of likely N-dealkylation sites (N-methyl/N-ethyl adjacent to an activating group) is 1. The Kier molecular flexibility index (Phi) is 4.91. The topological polar surface area (TPSA) is 42.7 Å². The summed E-state index contributed by atoms with van der Waals surface area (Å²) in [5.41, 5.74) is 0. The zero-order chi connectivity index (χ0) is 15.4. The van der Waals surface area contributed by atoms with Crippen LogP contribution in [0.4, 0.5) is 0 Å². The fourth-order valence-corrected chi connectivity index (χ4v) is 2.17. The first-order valence-electron chi connectivity index (χ1n) is 6.68. The van der Waals surface area contributed by atoms with E-state index in [-0.39, 0.29) is 5.91 Å². The molecule has 1 amide bonds. The lowest BCUT2D eigenvalue weighted by Gasteiger charge is -2.21. The van der Waals surface area contributed by atoms with E-state index in [9.17, 15) is 4.79 Å². The second-order valence-corrected chi connectivity index (χ2v) is 5.36. The smallest absolute Gasteiger partial charge is 0.263 e. The van der Waals surface area contributed by atoms with Gasteiger partial charge in [0.1, 0.15) is 17.3 Å². The molecule has 1 atom stereocenters. The van der Waals surface area contributed by atoms with E-state index >= 15 is 0 Å². The van der Waals surface area contributed by atoms with Crippen molar-refractivity contribution in [2.75, 3.05) is 7.05 Å². The summed E-state index contributed by atoms with van der Waals surface area (Å²) < 4.78 is 11.1. The molecule has 112 valence electrons. The van der Waals surface area contributed by atoms with Gasteiger partial charge in [0.2, 0.25) is 0 Å². The van der Waals surface area contributed by atoms with Crippen molar-refractivity contribution in [2.24, 2.45) is 0 Å². The first kappa shape index (κ1) is 15.4. The number of aryl methyl sites for hydroxylation is 1. The Bertz CT molecular complexity index is 623. The fourth-order valence-electron chi connectivity index (χ4n) is 1.99. The fraction of sp³-hybridized carbons (Fsp3) is 0.312. The minimum Gasteiger partial charge on any atom is -0.481 e. The highest BCUT2D eigenvalue weighted by Gasteiger charge is 2.20. The van der Waals surface area contributed by atoms with Crippen molar-refractivity contribution >= 4 is 17.5 Å². The van der Waals surface area contributed by atoms with E-state index in [1.807, 2.05) is 19.1 Å². The molecule has 0 saturated heterocycles. The van der Waals surface area contributed by atoms with Gasteiger partial charge in [-0.3, -0.25) is 4.79 Å². The second-order valence-electron chi connectivity index (χ2n) is 4.92. The number of hydrogen-bond acceptors (Lipinski definition) is 3. The molecule has 1 heterocycles. The third-order valence-electron chi connectivity index (χ3n) is 3.02. The summed E-state index contributed by atoms with van der Waals surface area (Å²) in [5.74, 6) is 2.03. The van der Waals surface area contributed by atoms with Crippen LogP contribution < -0.4 is 4.74 Å². The predicted octanol–water partition coefficient (Wildman–Crippen LogP) is 3.67. The SMILES string of the molecule is Cc1ccc(CN(C)C(=O)[C@H](C)Oc2cccc(Cl)c2)o1. The number of amides is 1. The van der Waals surface area contributed by atoms with E-state index in [1.165, 1.54) is 0 Å². The maximum atomic E-state index is 12.3. The number of halogens is 1. The van der Waals surface area contributed by atoms with Gasteiger partial charge >= 0.3 is 0 Å². The number of hydrogen-bond donors (Lipinski definition) is 0. The molecule has 0 aliphatic rings. The van der Waals surface area contributed by atoms with Crippen LogP contribution in [0.1, 0.15) is 18.4 Å². The van der Waals surface area contributed by atoms with Crippen LogP contribution >= 0.6 is 11.6 Å². The molecule has 2 rings (SSSR count). The molecule has 1 aromatic heterocycles. The predicted molar refractivity (Wildman–Crippen MR) is 81.5 cm³/mol. The number of carbonyl (C=O) groups is 1. The number of rotatable bonds is 5. The molecule has 5 heteroatoms. The average molecular weight is 308 g/mol. The van der Waals surface area contributed by atoms with Crippen molar-refractivity contribution in [2.45, 2.75) is 26.5 Å². The summed E-state index contributed by atoms with van der Waals surface area (Å²) in [5, 5.41) is 0.576. The summed E-state index contributed by atoms with van der Waals surface area (Å²) in [4.78, 5) is 13.8. The molecular weight excluding hydrogens is 290 g/mol. The number of ether oxygens (including phenoxy) is 1. The van der Waals surface area contributed by atoms with E-state index in [2.05, 4.69) is 0 Å². The standard InChI is InChI=1S/C16H18ClNO3/c1-11-7-8-15(20-11)10-18(3)16(19)12(2)21-14-6-4-5-13(17)9-14/h4-9,12H,10H2,1-3H3/t12-/m0/s1. The molecule has 4 nitrogen and oxygen atoms in total. The number of furan rings is 1. The molecular formula is C16H18ClNO3. The van der Waals surface area contributed by atoms with Crippen molar-refractivity contribution < 1.29 is 13.9 Å². The Morgan fingerprint density at radius 1 is 1.38 bits per heavy atom. The summed E-state index contributed by atoms with van der Waals surface area (Å²) in [6, 6.07) is 10.7. The Balaban J connectivity index is 1.95. The van der Waals surface area contributed by atoms with E-state index in [1.54, 1.807) is 43.1 Å². The van der Waals surface area contributed by atoms with Gasteiger partial charge in [0.25, 0.3) is 5.91 Å². The van der Waals surface area contributed by atoms with Crippen LogP contribution in [0.2, 0.25) is 5.02 Å². The van der Waals surface area contributed by atoms with Crippen LogP contribution in [0.25, 0.3) is 0 Å². The molecule has 0 saturated carbocycles. The lowest BCUT2D eigenvalue weighted by Crippen LogP contribution is -2.37. The number of carbonyl (C=O) groups excluding carboxylic acids is 1. The molecule has 2 aromatic rings. The third kappa shape index (κ3) is 4.26. The zero-order valence-corrected chi connectivity index (χ0v) is 13.1. The Morgan fingerprint density at radius 2 is 2.14 bits per heavy atom. The lowest BCUT2D eigenvalue weighted by molar-refractivity contribution is -0.137. The second kappa shape index (κ2) is 6.68. The molecule has 0 fully saturated rings. The Labute approximate surface area is 129 Å². The van der Waals surface area contributed by atoms with Crippen molar-refractivity contribution in [1.82, 2.24) is 4.90 Å². The summed E-state index contributed by atoms with van der Waals surface area (Å²) in [6.45, 7) is 4.00. The van der Waals surface area contributed by atoms with Gasteiger partial charge in [-0.15, -0.1) is 0 Å². The highest BCUT2D eigenvalue weighted by molar-refractivity contribution is 6.30. The van der Waals surface area contributed by atoms with E-state index in [4.69, 9.17) is 20.8 Å². The average Bonchev–Trinajstić information content (AvgIpc) is 2.83. The van der Waals surface area contributed by atoms with Gasteiger partial charge in [0.05, 0.1) is 6.54 Å². The monoisotopic (exact) mass is 307 g/mol. The van der Waals surface area contributed by atoms with Gasteiger partial charge < -0.3 is 14.1 Å². The van der Waals surface area contributed by atoms with Gasteiger partial charge in [0.15, 0.2) is 6.10 Å². The van der Waals surface area contributed by atoms with Crippen molar-refractivity contribution in [3.63, 3.8) is 0 Å². The molecule has 0 N–H and O–H groups in total. The molecule has 0 spiro atoms. The quantitative estimate of drug-likeness (QED) is 0.846. The van der Waals surface area contributed by atoms with Crippen molar-refractivity contribution in [1.29, 1.82) is 0 Å². The highest BCUT2D eigenvalue weighted by atomic mass is 35.5. The third-order valence-corrected chi connectivity index (χ3v) is 3.26. The normalized spacial score (nSPS) is 12.0. The van der Waals surface area contributed by atoms with Crippen LogP contribution in [-0.2, 0) is 11.3 Å². The largest absolute Gasteiger partial charge is 0.481 e. The number of nitrogens with zero attached hydrogens (tertiary/aromatic N) is 1. The minimum atomic E-state index is -0.593. The van der Waals surface area contributed by atoms with Crippen LogP contribution in [-0.4, -0.2) is 24.0 Å². The van der Waals surface area contributed by atoms with Crippen LogP contribution in [0.5, 0.6) is 5.75 Å². The molecule has 0 aliphatic heterocycles. The molecule has 0 bridgehead atoms. The van der Waals surface area contributed by atoms with Gasteiger partial charge in [-0.2, -0.15) is 0 Å². The summed E-state index contributed by atoms with van der Waals surface area (Å²) >= 11 is 5.89. The highest BCUT2D eigenvalue weighted by Crippen LogP contribution is 2.19. The van der Waals surface area contributed by atoms with Crippen LogP contribution in [0, 0.1) is 6.92 Å². The number of benzene rings is 1. The van der Waals surface area contributed by atoms with Crippen molar-refractivity contribution in [3.05, 3.63) is 52.9 Å². The van der Waals surface area contributed by atoms with Crippen molar-refractivity contribution in [3.8, 4) is 5.75 Å². The molecule has 0 radical (unpaired) electrons. The van der Waals surface area contributed by atoms with E-state index in [0.717, 1.165) is 11.5 Å². The lowest BCUT2D eigenvalue weighted by atomic mass is 10.3. The first-order chi connectivity index (χ1) is 9.95. The molecule has 21 heavy (non-hydrogen) atoms. The van der Waals surface area contributed by atoms with Crippen LogP contribution in [0.3, 0.4) is 0 Å². The van der Waals surface area contributed by atoms with Gasteiger partial charge in [-0.05, 0) is 44.2 Å². The zero-order valence-electron chi connectivity index (χ0n) is 12.3. The van der Waals surface area contributed by atoms with Crippen LogP contribution in [0.15, 0.2) is 40.8 Å². The Hall–Kier alpha value is -1.94. The van der Waals surface area contributed by atoms with Gasteiger partial charge in [-0.25, -0.2) is 0 Å². The molecule has 0 unspecified atom stereocenters. The van der Waals surface area contributed by atoms with Gasteiger partial charge in [-0.1, -0.05) is 17.7 Å². The van der Waals surface area contributed by atoms with E-state index < -0.39 is 6.10 Å². The minimum absolute atomic E-state index is 0.121. The summed E-state index contributed by atoms with van der Waals surface area (Å²) in [6.07, 6.45) is -0.593. The summed E-state index contributed by atoms with van der Waals surface area (Å²) in [7, 11) is 1.72. The first-order valence-corrected chi connectivity index (χ1v) is 7.06. The van der Waals surface area contributed by atoms with Gasteiger partial charge in [0, 0.05) is 12.1 Å².